The van der Waals surface area contributed by atoms with Crippen LogP contribution in [-0.2, 0) is 0 Å². The largest absolute Gasteiger partial charge is 0.490 e. The molecule has 0 aromatic heterocycles. The summed E-state index contributed by atoms with van der Waals surface area (Å²) in [5.74, 6) is 1.21. The van der Waals surface area contributed by atoms with E-state index in [-0.39, 0.29) is 6.10 Å². The highest BCUT2D eigenvalue weighted by Gasteiger charge is 2.28. The van der Waals surface area contributed by atoms with Gasteiger partial charge >= 0.3 is 0 Å². The predicted molar refractivity (Wildman–Crippen MR) is 87.6 cm³/mol. The van der Waals surface area contributed by atoms with Crippen LogP contribution in [0.2, 0.25) is 0 Å². The van der Waals surface area contributed by atoms with Crippen LogP contribution in [0, 0.1) is 0 Å². The van der Waals surface area contributed by atoms with Crippen LogP contribution in [0.4, 0.5) is 0 Å². The van der Waals surface area contributed by atoms with Crippen molar-refractivity contribution in [3.63, 3.8) is 0 Å². The number of benzene rings is 2. The molecule has 0 radical (unpaired) electrons. The average molecular weight is 347 g/mol. The summed E-state index contributed by atoms with van der Waals surface area (Å²) >= 11 is 3.46. The lowest BCUT2D eigenvalue weighted by atomic mass is 9.90. The van der Waals surface area contributed by atoms with Crippen molar-refractivity contribution in [3.05, 3.63) is 64.1 Å². The van der Waals surface area contributed by atoms with Crippen molar-refractivity contribution < 1.29 is 9.84 Å². The SMILES string of the molecule is CC(CC1C[C@@H](O)c2ccc(Br)cc2O1)c1ccccc1. The Balaban J connectivity index is 1.74. The number of halogens is 1. The molecular formula is C18H19BrO2. The van der Waals surface area contributed by atoms with Gasteiger partial charge in [-0.1, -0.05) is 59.3 Å². The molecule has 0 saturated heterocycles. The topological polar surface area (TPSA) is 29.5 Å². The van der Waals surface area contributed by atoms with E-state index < -0.39 is 6.10 Å². The van der Waals surface area contributed by atoms with Gasteiger partial charge < -0.3 is 9.84 Å². The van der Waals surface area contributed by atoms with Gasteiger partial charge in [0.1, 0.15) is 11.9 Å². The fourth-order valence-corrected chi connectivity index (χ4v) is 3.29. The van der Waals surface area contributed by atoms with E-state index in [0.717, 1.165) is 22.2 Å². The van der Waals surface area contributed by atoms with E-state index in [1.165, 1.54) is 5.56 Å². The molecule has 1 aliphatic rings. The fraction of sp³-hybridized carbons (Fsp3) is 0.333. The first-order valence-corrected chi connectivity index (χ1v) is 8.12. The number of hydrogen-bond donors (Lipinski definition) is 1. The van der Waals surface area contributed by atoms with Gasteiger partial charge in [-0.15, -0.1) is 0 Å². The van der Waals surface area contributed by atoms with E-state index in [9.17, 15) is 5.11 Å². The Morgan fingerprint density at radius 1 is 1.24 bits per heavy atom. The van der Waals surface area contributed by atoms with Crippen LogP contribution in [-0.4, -0.2) is 11.2 Å². The molecule has 1 heterocycles. The Labute approximate surface area is 133 Å². The van der Waals surface area contributed by atoms with Crippen molar-refractivity contribution in [2.75, 3.05) is 0 Å². The van der Waals surface area contributed by atoms with Crippen LogP contribution in [0.25, 0.3) is 0 Å². The molecule has 3 atom stereocenters. The highest BCUT2D eigenvalue weighted by atomic mass is 79.9. The summed E-state index contributed by atoms with van der Waals surface area (Å²) in [6.45, 7) is 2.21. The van der Waals surface area contributed by atoms with Gasteiger partial charge in [0.25, 0.3) is 0 Å². The van der Waals surface area contributed by atoms with Crippen LogP contribution < -0.4 is 4.74 Å². The predicted octanol–water partition coefficient (Wildman–Crippen LogP) is 4.83. The number of hydrogen-bond acceptors (Lipinski definition) is 2. The van der Waals surface area contributed by atoms with Crippen LogP contribution in [0.15, 0.2) is 53.0 Å². The molecule has 21 heavy (non-hydrogen) atoms. The summed E-state index contributed by atoms with van der Waals surface area (Å²) in [5, 5.41) is 10.3. The fourth-order valence-electron chi connectivity index (χ4n) is 2.95. The van der Waals surface area contributed by atoms with Crippen LogP contribution in [0.1, 0.15) is 42.9 Å². The third kappa shape index (κ3) is 3.30. The average Bonchev–Trinajstić information content (AvgIpc) is 2.47. The summed E-state index contributed by atoms with van der Waals surface area (Å²) in [6.07, 6.45) is 1.19. The molecule has 0 fully saturated rings. The van der Waals surface area contributed by atoms with E-state index >= 15 is 0 Å². The summed E-state index contributed by atoms with van der Waals surface area (Å²) in [7, 11) is 0. The highest BCUT2D eigenvalue weighted by Crippen LogP contribution is 2.38. The summed E-state index contributed by atoms with van der Waals surface area (Å²) in [5.41, 5.74) is 2.21. The zero-order valence-corrected chi connectivity index (χ0v) is 13.6. The normalized spacial score (nSPS) is 22.2. The lowest BCUT2D eigenvalue weighted by molar-refractivity contribution is 0.0589. The summed E-state index contributed by atoms with van der Waals surface area (Å²) in [4.78, 5) is 0. The Bertz CT molecular complexity index is 612. The van der Waals surface area contributed by atoms with Crippen molar-refractivity contribution in [1.29, 1.82) is 0 Å². The van der Waals surface area contributed by atoms with Gasteiger partial charge in [-0.25, -0.2) is 0 Å². The molecule has 2 unspecified atom stereocenters. The Morgan fingerprint density at radius 2 is 2.00 bits per heavy atom. The quantitative estimate of drug-likeness (QED) is 0.862. The highest BCUT2D eigenvalue weighted by molar-refractivity contribution is 9.10. The maximum Gasteiger partial charge on any atom is 0.126 e. The summed E-state index contributed by atoms with van der Waals surface area (Å²) in [6, 6.07) is 16.3. The molecule has 0 aliphatic carbocycles. The van der Waals surface area contributed by atoms with E-state index in [1.807, 2.05) is 24.3 Å². The second-order valence-electron chi connectivity index (χ2n) is 5.72. The number of fused-ring (bicyclic) bond motifs is 1. The first kappa shape index (κ1) is 14.6. The number of rotatable bonds is 3. The van der Waals surface area contributed by atoms with Crippen molar-refractivity contribution in [1.82, 2.24) is 0 Å². The van der Waals surface area contributed by atoms with E-state index in [0.29, 0.717) is 12.3 Å². The van der Waals surface area contributed by atoms with Gasteiger partial charge in [-0.3, -0.25) is 0 Å². The van der Waals surface area contributed by atoms with Crippen LogP contribution in [0.5, 0.6) is 5.75 Å². The van der Waals surface area contributed by atoms with Gasteiger partial charge in [0.15, 0.2) is 0 Å². The molecule has 3 rings (SSSR count). The monoisotopic (exact) mass is 346 g/mol. The number of aliphatic hydroxyl groups excluding tert-OH is 1. The minimum absolute atomic E-state index is 0.0528. The molecule has 3 heteroatoms. The zero-order chi connectivity index (χ0) is 14.8. The van der Waals surface area contributed by atoms with E-state index in [2.05, 4.69) is 47.1 Å². The maximum atomic E-state index is 10.3. The molecule has 0 amide bonds. The van der Waals surface area contributed by atoms with Crippen LogP contribution >= 0.6 is 15.9 Å². The molecule has 0 bridgehead atoms. The molecular weight excluding hydrogens is 328 g/mol. The van der Waals surface area contributed by atoms with Gasteiger partial charge in [-0.2, -0.15) is 0 Å². The van der Waals surface area contributed by atoms with Gasteiger partial charge in [0.2, 0.25) is 0 Å². The first-order valence-electron chi connectivity index (χ1n) is 7.32. The zero-order valence-electron chi connectivity index (χ0n) is 12.0. The molecule has 2 aromatic carbocycles. The van der Waals surface area contributed by atoms with Crippen LogP contribution in [0.3, 0.4) is 0 Å². The lowest BCUT2D eigenvalue weighted by Gasteiger charge is -2.31. The van der Waals surface area contributed by atoms with E-state index in [4.69, 9.17) is 4.74 Å². The third-order valence-corrected chi connectivity index (χ3v) is 4.59. The minimum atomic E-state index is -0.435. The first-order chi connectivity index (χ1) is 10.1. The molecule has 0 spiro atoms. The molecule has 2 aromatic rings. The molecule has 1 N–H and O–H groups in total. The van der Waals surface area contributed by atoms with Gasteiger partial charge in [-0.05, 0) is 30.0 Å². The Kier molecular flexibility index (Phi) is 4.32. The minimum Gasteiger partial charge on any atom is -0.490 e. The Hall–Kier alpha value is -1.32. The standard InChI is InChI=1S/C18H19BrO2/c1-12(13-5-3-2-4-6-13)9-15-11-17(20)16-8-7-14(19)10-18(16)21-15/h2-8,10,12,15,17,20H,9,11H2,1H3/t12?,15?,17-/m1/s1. The number of aliphatic hydroxyl groups is 1. The second kappa shape index (κ2) is 6.20. The van der Waals surface area contributed by atoms with E-state index in [1.54, 1.807) is 0 Å². The van der Waals surface area contributed by atoms with Crippen molar-refractivity contribution in [2.24, 2.45) is 0 Å². The lowest BCUT2D eigenvalue weighted by Crippen LogP contribution is -2.27. The van der Waals surface area contributed by atoms with Crippen molar-refractivity contribution in [3.8, 4) is 5.75 Å². The smallest absolute Gasteiger partial charge is 0.126 e. The van der Waals surface area contributed by atoms with Gasteiger partial charge in [0.05, 0.1) is 6.10 Å². The molecule has 110 valence electrons. The molecule has 1 aliphatic heterocycles. The van der Waals surface area contributed by atoms with Gasteiger partial charge in [0, 0.05) is 16.5 Å². The maximum absolute atomic E-state index is 10.3. The van der Waals surface area contributed by atoms with Crippen molar-refractivity contribution >= 4 is 15.9 Å². The van der Waals surface area contributed by atoms with Crippen molar-refractivity contribution in [2.45, 2.75) is 37.9 Å². The third-order valence-electron chi connectivity index (χ3n) is 4.10. The Morgan fingerprint density at radius 3 is 2.76 bits per heavy atom. The second-order valence-corrected chi connectivity index (χ2v) is 6.64. The molecule has 0 saturated carbocycles. The number of ether oxygens (including phenoxy) is 1. The summed E-state index contributed by atoms with van der Waals surface area (Å²) < 4.78 is 7.06. The molecule has 2 nitrogen and oxygen atoms in total.